The average Bonchev–Trinajstić information content (AvgIpc) is 3.38. The second kappa shape index (κ2) is 10.4. The van der Waals surface area contributed by atoms with Crippen LogP contribution in [-0.4, -0.2) is 49.6 Å². The maximum absolute atomic E-state index is 13.0. The molecule has 1 spiro atoms. The summed E-state index contributed by atoms with van der Waals surface area (Å²) in [5, 5.41) is 11.9. The third-order valence-corrected chi connectivity index (χ3v) is 9.57. The van der Waals surface area contributed by atoms with Gasteiger partial charge < -0.3 is 14.5 Å². The number of rotatable bonds is 7. The van der Waals surface area contributed by atoms with Gasteiger partial charge in [-0.1, -0.05) is 17.3 Å². The van der Waals surface area contributed by atoms with Crippen molar-refractivity contribution in [2.75, 3.05) is 13.2 Å². The van der Waals surface area contributed by atoms with Crippen LogP contribution in [0.3, 0.4) is 0 Å². The lowest BCUT2D eigenvalue weighted by Crippen LogP contribution is -2.34. The second-order valence-corrected chi connectivity index (χ2v) is 12.5. The van der Waals surface area contributed by atoms with Gasteiger partial charge in [-0.15, -0.1) is 16.4 Å². The molecule has 9 nitrogen and oxygen atoms in total. The number of aryl methyl sites for hydroxylation is 2. The van der Waals surface area contributed by atoms with E-state index in [9.17, 15) is 9.59 Å². The molecule has 10 heteroatoms. The van der Waals surface area contributed by atoms with E-state index >= 15 is 0 Å². The van der Waals surface area contributed by atoms with Crippen molar-refractivity contribution in [3.63, 3.8) is 0 Å². The summed E-state index contributed by atoms with van der Waals surface area (Å²) in [7, 11) is 1.88. The molecular formula is C32H33N5O4S. The van der Waals surface area contributed by atoms with Crippen molar-refractivity contribution in [2.24, 2.45) is 7.05 Å². The number of aromatic nitrogens is 4. The predicted molar refractivity (Wildman–Crippen MR) is 162 cm³/mol. The number of H-pyrrole nitrogens is 1. The summed E-state index contributed by atoms with van der Waals surface area (Å²) in [6, 6.07) is 14.1. The smallest absolute Gasteiger partial charge is 0.306 e. The van der Waals surface area contributed by atoms with E-state index in [4.69, 9.17) is 9.47 Å². The monoisotopic (exact) mass is 583 g/mol. The number of nitrogens with zero attached hydrogens (tertiary/aromatic N) is 4. The summed E-state index contributed by atoms with van der Waals surface area (Å²) in [5.74, 6) is 0.334. The molecule has 2 aromatic carbocycles. The molecule has 1 N–H and O–H groups in total. The fourth-order valence-corrected chi connectivity index (χ4v) is 7.23. The Morgan fingerprint density at radius 3 is 2.88 bits per heavy atom. The van der Waals surface area contributed by atoms with Crippen LogP contribution >= 0.6 is 11.3 Å². The average molecular weight is 584 g/mol. The highest BCUT2D eigenvalue weighted by Gasteiger charge is 2.48. The van der Waals surface area contributed by atoms with Crippen molar-refractivity contribution >= 4 is 38.4 Å². The molecule has 7 rings (SSSR count). The van der Waals surface area contributed by atoms with E-state index in [2.05, 4.69) is 56.8 Å². The molecule has 0 amide bonds. The van der Waals surface area contributed by atoms with E-state index in [0.29, 0.717) is 19.7 Å². The van der Waals surface area contributed by atoms with Crippen LogP contribution in [0.2, 0.25) is 0 Å². The van der Waals surface area contributed by atoms with Gasteiger partial charge in [-0.25, -0.2) is 4.68 Å². The summed E-state index contributed by atoms with van der Waals surface area (Å²) in [4.78, 5) is 30.5. The number of carbonyl (C=O) groups excluding carboxylic acids is 1. The van der Waals surface area contributed by atoms with Crippen LogP contribution < -0.4 is 10.3 Å². The number of carbonyl (C=O) groups is 1. The number of thiophene rings is 1. The fourth-order valence-electron chi connectivity index (χ4n) is 6.34. The minimum absolute atomic E-state index is 0.121. The van der Waals surface area contributed by atoms with E-state index < -0.39 is 0 Å². The number of pyridine rings is 1. The Morgan fingerprint density at radius 1 is 1.21 bits per heavy atom. The number of nitrogens with one attached hydrogen (secondary N) is 1. The molecule has 1 unspecified atom stereocenters. The molecule has 1 aliphatic carbocycles. The Labute approximate surface area is 247 Å². The number of hydrogen-bond acceptors (Lipinski definition) is 8. The molecule has 2 aliphatic rings. The minimum atomic E-state index is -0.228. The predicted octanol–water partition coefficient (Wildman–Crippen LogP) is 5.19. The molecule has 42 heavy (non-hydrogen) atoms. The lowest BCUT2D eigenvalue weighted by Gasteiger charge is -2.25. The first-order valence-electron chi connectivity index (χ1n) is 14.4. The Hall–Kier alpha value is -4.02. The lowest BCUT2D eigenvalue weighted by molar-refractivity contribution is -0.143. The van der Waals surface area contributed by atoms with Gasteiger partial charge in [0.25, 0.3) is 0 Å². The first-order chi connectivity index (χ1) is 20.3. The van der Waals surface area contributed by atoms with E-state index in [1.807, 2.05) is 20.0 Å². The molecule has 0 saturated heterocycles. The highest BCUT2D eigenvalue weighted by molar-refractivity contribution is 7.17. The highest BCUT2D eigenvalue weighted by atomic mass is 32.1. The minimum Gasteiger partial charge on any atom is -0.484 e. The topological polar surface area (TPSA) is 102 Å². The van der Waals surface area contributed by atoms with E-state index in [0.717, 1.165) is 63.9 Å². The van der Waals surface area contributed by atoms with Crippen molar-refractivity contribution in [1.82, 2.24) is 24.9 Å². The van der Waals surface area contributed by atoms with Gasteiger partial charge in [0.15, 0.2) is 0 Å². The van der Waals surface area contributed by atoms with E-state index in [1.54, 1.807) is 22.1 Å². The second-order valence-electron chi connectivity index (χ2n) is 11.5. The number of benzene rings is 2. The number of aromatic amines is 1. The maximum atomic E-state index is 13.0. The van der Waals surface area contributed by atoms with Crippen LogP contribution in [0.5, 0.6) is 5.75 Å². The Balaban J connectivity index is 1.30. The molecule has 1 fully saturated rings. The van der Waals surface area contributed by atoms with Crippen LogP contribution in [0.15, 0.2) is 52.6 Å². The molecule has 1 aliphatic heterocycles. The maximum Gasteiger partial charge on any atom is 0.306 e. The number of ether oxygens (including phenoxy) is 2. The zero-order valence-corrected chi connectivity index (χ0v) is 24.8. The molecule has 0 bridgehead atoms. The molecule has 1 saturated carbocycles. The van der Waals surface area contributed by atoms with Crippen LogP contribution in [0, 0.1) is 6.92 Å². The van der Waals surface area contributed by atoms with E-state index in [-0.39, 0.29) is 29.5 Å². The third kappa shape index (κ3) is 4.88. The molecule has 4 heterocycles. The molecular weight excluding hydrogens is 550 g/mol. The van der Waals surface area contributed by atoms with Crippen molar-refractivity contribution in [1.29, 1.82) is 0 Å². The quantitative estimate of drug-likeness (QED) is 0.263. The standard InChI is InChI=1S/C32H33N5O4S/c1-4-40-29(39)15-24(23-5-6-26-30(19(23)2)34-35-36(26)3)21-13-20-9-12-42-31(20)22(14-21)16-37-17-25-27(7-8-28(38)33-25)41-32(18-37)10-11-32/h5-9,12-14,24H,4,10-11,15-18H2,1-3H3,(H,33,38). The van der Waals surface area contributed by atoms with Crippen LogP contribution in [0.1, 0.15) is 60.1 Å². The van der Waals surface area contributed by atoms with Crippen molar-refractivity contribution in [3.8, 4) is 5.75 Å². The van der Waals surface area contributed by atoms with Gasteiger partial charge in [-0.3, -0.25) is 14.5 Å². The molecule has 216 valence electrons. The Kier molecular flexibility index (Phi) is 6.62. The summed E-state index contributed by atoms with van der Waals surface area (Å²) in [6.45, 7) is 6.31. The van der Waals surface area contributed by atoms with Crippen molar-refractivity contribution in [2.45, 2.75) is 57.7 Å². The van der Waals surface area contributed by atoms with Gasteiger partial charge in [0.1, 0.15) is 16.9 Å². The van der Waals surface area contributed by atoms with Crippen LogP contribution in [-0.2, 0) is 29.7 Å². The third-order valence-electron chi connectivity index (χ3n) is 8.56. The molecule has 5 aromatic rings. The van der Waals surface area contributed by atoms with Gasteiger partial charge in [-0.2, -0.15) is 0 Å². The summed E-state index contributed by atoms with van der Waals surface area (Å²) < 4.78 is 14.8. The number of hydrogen-bond donors (Lipinski definition) is 1. The Morgan fingerprint density at radius 2 is 2.07 bits per heavy atom. The van der Waals surface area contributed by atoms with Crippen LogP contribution in [0.4, 0.5) is 0 Å². The van der Waals surface area contributed by atoms with Gasteiger partial charge >= 0.3 is 5.97 Å². The number of esters is 1. The number of fused-ring (bicyclic) bond motifs is 3. The van der Waals surface area contributed by atoms with Crippen molar-refractivity contribution in [3.05, 3.63) is 86.1 Å². The molecule has 0 radical (unpaired) electrons. The van der Waals surface area contributed by atoms with Gasteiger partial charge in [0.2, 0.25) is 5.56 Å². The molecule has 3 aromatic heterocycles. The van der Waals surface area contributed by atoms with E-state index in [1.165, 1.54) is 16.3 Å². The van der Waals surface area contributed by atoms with Gasteiger partial charge in [0.05, 0.1) is 24.2 Å². The first-order valence-corrected chi connectivity index (χ1v) is 15.3. The largest absolute Gasteiger partial charge is 0.484 e. The lowest BCUT2D eigenvalue weighted by atomic mass is 9.84. The fraction of sp³-hybridized carbons (Fsp3) is 0.375. The van der Waals surface area contributed by atoms with Crippen molar-refractivity contribution < 1.29 is 14.3 Å². The normalized spacial score (nSPS) is 16.7. The van der Waals surface area contributed by atoms with Gasteiger partial charge in [0, 0.05) is 43.4 Å². The van der Waals surface area contributed by atoms with Gasteiger partial charge in [-0.05, 0) is 84.0 Å². The first kappa shape index (κ1) is 26.9. The Bertz CT molecular complexity index is 1890. The summed E-state index contributed by atoms with van der Waals surface area (Å²) in [6.07, 6.45) is 2.23. The van der Waals surface area contributed by atoms with Crippen LogP contribution in [0.25, 0.3) is 21.1 Å². The SMILES string of the molecule is CCOC(=O)CC(c1cc(CN2Cc3[nH]c(=O)ccc3OC3(CC3)C2)c2sccc2c1)c1ccc2c(nnn2C)c1C. The zero-order valence-electron chi connectivity index (χ0n) is 24.0. The summed E-state index contributed by atoms with van der Waals surface area (Å²) in [5.41, 5.74) is 6.61. The molecule has 1 atom stereocenters. The zero-order chi connectivity index (χ0) is 29.0. The highest BCUT2D eigenvalue weighted by Crippen LogP contribution is 2.44. The summed E-state index contributed by atoms with van der Waals surface area (Å²) >= 11 is 1.73.